The first-order valence-corrected chi connectivity index (χ1v) is 7.30. The minimum atomic E-state index is 0.568. The molecule has 0 aliphatic heterocycles. The van der Waals surface area contributed by atoms with Crippen LogP contribution in [0.15, 0.2) is 18.2 Å². The van der Waals surface area contributed by atoms with Crippen LogP contribution in [0.1, 0.15) is 25.7 Å². The third-order valence-corrected chi connectivity index (χ3v) is 3.87. The lowest BCUT2D eigenvalue weighted by molar-refractivity contribution is 0.309. The summed E-state index contributed by atoms with van der Waals surface area (Å²) in [6.45, 7) is 2.60. The molecule has 4 heteroatoms. The molecule has 0 bridgehead atoms. The van der Waals surface area contributed by atoms with E-state index in [1.807, 2.05) is 6.07 Å². The van der Waals surface area contributed by atoms with E-state index in [1.54, 1.807) is 12.1 Å². The molecule has 100 valence electrons. The van der Waals surface area contributed by atoms with E-state index in [0.29, 0.717) is 22.4 Å². The number of hydrogen-bond acceptors (Lipinski definition) is 2. The fourth-order valence-corrected chi connectivity index (χ4v) is 2.81. The Hall–Kier alpha value is -0.440. The fourth-order valence-electron chi connectivity index (χ4n) is 2.35. The first-order chi connectivity index (χ1) is 8.75. The van der Waals surface area contributed by atoms with Gasteiger partial charge in [0.1, 0.15) is 12.4 Å². The van der Waals surface area contributed by atoms with E-state index < -0.39 is 0 Å². The summed E-state index contributed by atoms with van der Waals surface area (Å²) in [6, 6.07) is 5.29. The van der Waals surface area contributed by atoms with E-state index >= 15 is 0 Å². The summed E-state index contributed by atoms with van der Waals surface area (Å²) in [6.07, 6.45) is 5.53. The van der Waals surface area contributed by atoms with Crippen molar-refractivity contribution in [2.24, 2.45) is 5.92 Å². The van der Waals surface area contributed by atoms with E-state index in [0.717, 1.165) is 19.0 Å². The summed E-state index contributed by atoms with van der Waals surface area (Å²) in [5, 5.41) is 4.63. The first-order valence-electron chi connectivity index (χ1n) is 6.54. The van der Waals surface area contributed by atoms with Crippen LogP contribution >= 0.6 is 23.2 Å². The molecule has 0 atom stereocenters. The lowest BCUT2D eigenvalue weighted by atomic mass is 10.1. The summed E-state index contributed by atoms with van der Waals surface area (Å²) in [5.41, 5.74) is 0. The largest absolute Gasteiger partial charge is 0.491 e. The molecule has 0 spiro atoms. The summed E-state index contributed by atoms with van der Waals surface area (Å²) in [4.78, 5) is 0. The highest BCUT2D eigenvalue weighted by Gasteiger charge is 2.13. The van der Waals surface area contributed by atoms with Crippen molar-refractivity contribution in [2.45, 2.75) is 25.7 Å². The molecule has 0 aromatic heterocycles. The average Bonchev–Trinajstić information content (AvgIpc) is 2.84. The molecular formula is C14H19Cl2NO. The molecular weight excluding hydrogens is 269 g/mol. The molecule has 0 saturated heterocycles. The molecule has 1 saturated carbocycles. The van der Waals surface area contributed by atoms with E-state index in [1.165, 1.54) is 25.7 Å². The molecule has 1 N–H and O–H groups in total. The third-order valence-electron chi connectivity index (χ3n) is 3.34. The van der Waals surface area contributed by atoms with Gasteiger partial charge < -0.3 is 10.1 Å². The van der Waals surface area contributed by atoms with Crippen LogP contribution < -0.4 is 10.1 Å². The van der Waals surface area contributed by atoms with Gasteiger partial charge >= 0.3 is 0 Å². The van der Waals surface area contributed by atoms with Crippen LogP contribution in [0.5, 0.6) is 5.75 Å². The fraction of sp³-hybridized carbons (Fsp3) is 0.571. The number of nitrogens with one attached hydrogen (secondary N) is 1. The van der Waals surface area contributed by atoms with Crippen molar-refractivity contribution in [2.75, 3.05) is 19.7 Å². The lowest BCUT2D eigenvalue weighted by Gasteiger charge is -2.12. The van der Waals surface area contributed by atoms with E-state index in [9.17, 15) is 0 Å². The molecule has 1 aromatic rings. The highest BCUT2D eigenvalue weighted by Crippen LogP contribution is 2.27. The Balaban J connectivity index is 1.62. The smallest absolute Gasteiger partial charge is 0.138 e. The number of ether oxygens (including phenoxy) is 1. The van der Waals surface area contributed by atoms with Gasteiger partial charge in [-0.3, -0.25) is 0 Å². The monoisotopic (exact) mass is 287 g/mol. The van der Waals surface area contributed by atoms with Crippen LogP contribution in [0.3, 0.4) is 0 Å². The van der Waals surface area contributed by atoms with Gasteiger partial charge in [0.25, 0.3) is 0 Å². The molecule has 0 heterocycles. The second-order valence-corrected chi connectivity index (χ2v) is 5.62. The van der Waals surface area contributed by atoms with Gasteiger partial charge in [-0.2, -0.15) is 0 Å². The molecule has 0 radical (unpaired) electrons. The Bertz CT molecular complexity index is 378. The normalized spacial score (nSPS) is 16.1. The zero-order valence-electron chi connectivity index (χ0n) is 10.4. The van der Waals surface area contributed by atoms with E-state index in [4.69, 9.17) is 27.9 Å². The average molecular weight is 288 g/mol. The maximum atomic E-state index is 6.02. The summed E-state index contributed by atoms with van der Waals surface area (Å²) >= 11 is 11.8. The Morgan fingerprint density at radius 2 is 2.00 bits per heavy atom. The number of benzene rings is 1. The van der Waals surface area contributed by atoms with Crippen molar-refractivity contribution in [1.82, 2.24) is 5.32 Å². The van der Waals surface area contributed by atoms with Crippen molar-refractivity contribution in [3.05, 3.63) is 28.2 Å². The van der Waals surface area contributed by atoms with Crippen molar-refractivity contribution in [1.29, 1.82) is 0 Å². The van der Waals surface area contributed by atoms with Gasteiger partial charge in [-0.1, -0.05) is 36.0 Å². The minimum Gasteiger partial charge on any atom is -0.491 e. The second kappa shape index (κ2) is 7.22. The molecule has 2 nitrogen and oxygen atoms in total. The lowest BCUT2D eigenvalue weighted by Crippen LogP contribution is -2.26. The highest BCUT2D eigenvalue weighted by atomic mass is 35.5. The molecule has 0 unspecified atom stereocenters. The van der Waals surface area contributed by atoms with E-state index in [-0.39, 0.29) is 0 Å². The van der Waals surface area contributed by atoms with Gasteiger partial charge in [-0.05, 0) is 43.5 Å². The van der Waals surface area contributed by atoms with Gasteiger partial charge in [-0.25, -0.2) is 0 Å². The predicted molar refractivity (Wildman–Crippen MR) is 76.8 cm³/mol. The van der Waals surface area contributed by atoms with Crippen molar-refractivity contribution >= 4 is 23.2 Å². The van der Waals surface area contributed by atoms with Gasteiger partial charge in [0.2, 0.25) is 0 Å². The zero-order valence-corrected chi connectivity index (χ0v) is 11.9. The Morgan fingerprint density at radius 3 is 2.72 bits per heavy atom. The summed E-state index contributed by atoms with van der Waals surface area (Å²) in [7, 11) is 0. The van der Waals surface area contributed by atoms with Crippen LogP contribution in [-0.2, 0) is 0 Å². The molecule has 1 fully saturated rings. The van der Waals surface area contributed by atoms with Gasteiger partial charge in [-0.15, -0.1) is 0 Å². The van der Waals surface area contributed by atoms with Crippen LogP contribution in [0.25, 0.3) is 0 Å². The van der Waals surface area contributed by atoms with Crippen LogP contribution in [0.2, 0.25) is 10.0 Å². The van der Waals surface area contributed by atoms with Gasteiger partial charge in [0, 0.05) is 11.6 Å². The molecule has 1 aromatic carbocycles. The molecule has 1 aliphatic rings. The predicted octanol–water partition coefficient (Wildman–Crippen LogP) is 4.15. The Kier molecular flexibility index (Phi) is 5.61. The van der Waals surface area contributed by atoms with Crippen LogP contribution in [0.4, 0.5) is 0 Å². The van der Waals surface area contributed by atoms with Crippen molar-refractivity contribution < 1.29 is 4.74 Å². The molecule has 1 aliphatic carbocycles. The van der Waals surface area contributed by atoms with Crippen LogP contribution in [-0.4, -0.2) is 19.7 Å². The Morgan fingerprint density at radius 1 is 1.22 bits per heavy atom. The SMILES string of the molecule is Clc1ccc(OCCNCC2CCCC2)c(Cl)c1. The topological polar surface area (TPSA) is 21.3 Å². The number of rotatable bonds is 6. The van der Waals surface area contributed by atoms with Crippen molar-refractivity contribution in [3.8, 4) is 5.75 Å². The first kappa shape index (κ1) is 14.0. The standard InChI is InChI=1S/C14H19Cl2NO/c15-12-5-6-14(13(16)9-12)18-8-7-17-10-11-3-1-2-4-11/h5-6,9,11,17H,1-4,7-8,10H2. The molecule has 0 amide bonds. The maximum Gasteiger partial charge on any atom is 0.138 e. The van der Waals surface area contributed by atoms with E-state index in [2.05, 4.69) is 5.32 Å². The second-order valence-electron chi connectivity index (χ2n) is 4.78. The van der Waals surface area contributed by atoms with Crippen molar-refractivity contribution in [3.63, 3.8) is 0 Å². The number of hydrogen-bond donors (Lipinski definition) is 1. The van der Waals surface area contributed by atoms with Gasteiger partial charge in [0.05, 0.1) is 5.02 Å². The molecule has 2 rings (SSSR count). The van der Waals surface area contributed by atoms with Crippen LogP contribution in [0, 0.1) is 5.92 Å². The number of halogens is 2. The Labute approximate surface area is 119 Å². The summed E-state index contributed by atoms with van der Waals surface area (Å²) < 4.78 is 5.60. The zero-order chi connectivity index (χ0) is 12.8. The quantitative estimate of drug-likeness (QED) is 0.794. The molecule has 18 heavy (non-hydrogen) atoms. The highest BCUT2D eigenvalue weighted by molar-refractivity contribution is 6.35. The minimum absolute atomic E-state index is 0.568. The summed E-state index contributed by atoms with van der Waals surface area (Å²) in [5.74, 6) is 1.56. The van der Waals surface area contributed by atoms with Gasteiger partial charge in [0.15, 0.2) is 0 Å². The third kappa shape index (κ3) is 4.34. The maximum absolute atomic E-state index is 6.02.